The Morgan fingerprint density at radius 1 is 1.00 bits per heavy atom. The van der Waals surface area contributed by atoms with Crippen molar-refractivity contribution in [2.75, 3.05) is 16.8 Å². The average Bonchev–Trinajstić information content (AvgIpc) is 3.15. The van der Waals surface area contributed by atoms with Gasteiger partial charge in [0, 0.05) is 21.5 Å². The number of nitrogens with one attached hydrogen (secondary N) is 2. The van der Waals surface area contributed by atoms with Gasteiger partial charge in [0.05, 0.1) is 17.9 Å². The Balaban J connectivity index is 1.42. The molecule has 0 fully saturated rings. The molecule has 3 aromatic carbocycles. The fraction of sp³-hybridized carbons (Fsp3) is 0.231. The Hall–Kier alpha value is -2.85. The van der Waals surface area contributed by atoms with Gasteiger partial charge in [0.15, 0.2) is 0 Å². The van der Waals surface area contributed by atoms with Gasteiger partial charge >= 0.3 is 0 Å². The molecule has 1 aromatic heterocycles. The molecule has 1 aliphatic rings. The van der Waals surface area contributed by atoms with Crippen LogP contribution in [0.1, 0.15) is 31.5 Å². The fourth-order valence-electron chi connectivity index (χ4n) is 4.23. The molecule has 4 heteroatoms. The van der Waals surface area contributed by atoms with Crippen molar-refractivity contribution in [3.05, 3.63) is 78.0 Å². The summed E-state index contributed by atoms with van der Waals surface area (Å²) in [5.74, 6) is 1.21. The summed E-state index contributed by atoms with van der Waals surface area (Å²) in [6.45, 7) is 5.44. The van der Waals surface area contributed by atoms with Crippen molar-refractivity contribution < 1.29 is 0 Å². The summed E-state index contributed by atoms with van der Waals surface area (Å²) in [6.07, 6.45) is 1.23. The molecular weight excluding hydrogens is 386 g/mol. The van der Waals surface area contributed by atoms with Crippen LogP contribution in [0, 0.1) is 0 Å². The summed E-state index contributed by atoms with van der Waals surface area (Å²) in [7, 11) is 0. The molecule has 0 aliphatic carbocycles. The maximum absolute atomic E-state index is 6.04. The molecule has 0 unspecified atom stereocenters. The summed E-state index contributed by atoms with van der Waals surface area (Å²) in [5.41, 5.74) is 14.4. The molecule has 1 aliphatic heterocycles. The van der Waals surface area contributed by atoms with E-state index in [9.17, 15) is 0 Å². The second kappa shape index (κ2) is 7.44. The van der Waals surface area contributed by atoms with Crippen molar-refractivity contribution in [2.45, 2.75) is 37.1 Å². The second-order valence-corrected chi connectivity index (χ2v) is 9.87. The number of fused-ring (bicyclic) bond motifs is 2. The van der Waals surface area contributed by atoms with Crippen molar-refractivity contribution in [3.8, 4) is 11.1 Å². The number of para-hydroxylation sites is 2. The first kappa shape index (κ1) is 19.1. The number of nitrogens with two attached hydrogens (primary N) is 1. The molecule has 0 radical (unpaired) electrons. The van der Waals surface area contributed by atoms with Gasteiger partial charge in [-0.3, -0.25) is 0 Å². The van der Waals surface area contributed by atoms with E-state index in [1.807, 2.05) is 36.0 Å². The van der Waals surface area contributed by atoms with Crippen molar-refractivity contribution in [3.63, 3.8) is 0 Å². The zero-order chi connectivity index (χ0) is 20.7. The SMILES string of the molecule is CC1(C)CCSc2ccc(-c3ccc4[nH]c(CNc5ccccc5N)cc4c3)cc21. The van der Waals surface area contributed by atoms with E-state index >= 15 is 0 Å². The predicted molar refractivity (Wildman–Crippen MR) is 130 cm³/mol. The van der Waals surface area contributed by atoms with Crippen molar-refractivity contribution in [1.82, 2.24) is 4.98 Å². The maximum Gasteiger partial charge on any atom is 0.0577 e. The largest absolute Gasteiger partial charge is 0.397 e. The van der Waals surface area contributed by atoms with Gasteiger partial charge in [-0.05, 0) is 76.7 Å². The highest BCUT2D eigenvalue weighted by molar-refractivity contribution is 7.99. The fourth-order valence-corrected chi connectivity index (χ4v) is 5.72. The molecule has 0 spiro atoms. The minimum atomic E-state index is 0.243. The van der Waals surface area contributed by atoms with Crippen LogP contribution in [-0.4, -0.2) is 10.7 Å². The zero-order valence-electron chi connectivity index (χ0n) is 17.5. The van der Waals surface area contributed by atoms with E-state index in [2.05, 4.69) is 66.6 Å². The normalized spacial score (nSPS) is 15.1. The number of aromatic amines is 1. The van der Waals surface area contributed by atoms with E-state index in [4.69, 9.17) is 5.73 Å². The molecule has 5 rings (SSSR count). The molecular formula is C26H27N3S. The van der Waals surface area contributed by atoms with Crippen molar-refractivity contribution in [2.24, 2.45) is 0 Å². The number of benzene rings is 3. The van der Waals surface area contributed by atoms with Gasteiger partial charge in [0.25, 0.3) is 0 Å². The monoisotopic (exact) mass is 413 g/mol. The Morgan fingerprint density at radius 2 is 1.80 bits per heavy atom. The first-order chi connectivity index (χ1) is 14.5. The highest BCUT2D eigenvalue weighted by Gasteiger charge is 2.28. The van der Waals surface area contributed by atoms with Gasteiger partial charge in [-0.2, -0.15) is 0 Å². The van der Waals surface area contributed by atoms with Gasteiger partial charge in [-0.25, -0.2) is 0 Å². The third-order valence-corrected chi connectivity index (χ3v) is 7.21. The van der Waals surface area contributed by atoms with Crippen LogP contribution < -0.4 is 11.1 Å². The van der Waals surface area contributed by atoms with Crippen LogP contribution in [0.15, 0.2) is 71.6 Å². The Bertz CT molecular complexity index is 1220. The number of anilines is 2. The number of hydrogen-bond acceptors (Lipinski definition) is 3. The molecule has 0 saturated heterocycles. The summed E-state index contributed by atoms with van der Waals surface area (Å²) >= 11 is 1.98. The summed E-state index contributed by atoms with van der Waals surface area (Å²) in [4.78, 5) is 4.96. The maximum atomic E-state index is 6.04. The van der Waals surface area contributed by atoms with Crippen LogP contribution in [0.5, 0.6) is 0 Å². The van der Waals surface area contributed by atoms with E-state index < -0.39 is 0 Å². The minimum absolute atomic E-state index is 0.243. The topological polar surface area (TPSA) is 53.8 Å². The minimum Gasteiger partial charge on any atom is -0.397 e. The number of thioether (sulfide) groups is 1. The van der Waals surface area contributed by atoms with E-state index in [0.29, 0.717) is 6.54 Å². The van der Waals surface area contributed by atoms with Crippen LogP contribution >= 0.6 is 11.8 Å². The van der Waals surface area contributed by atoms with E-state index in [0.717, 1.165) is 22.6 Å². The van der Waals surface area contributed by atoms with Crippen LogP contribution in [0.25, 0.3) is 22.0 Å². The molecule has 4 aromatic rings. The van der Waals surface area contributed by atoms with E-state index in [1.54, 1.807) is 0 Å². The molecule has 3 nitrogen and oxygen atoms in total. The number of hydrogen-bond donors (Lipinski definition) is 3. The number of rotatable bonds is 4. The lowest BCUT2D eigenvalue weighted by Gasteiger charge is -2.32. The van der Waals surface area contributed by atoms with Gasteiger partial charge in [0.1, 0.15) is 0 Å². The average molecular weight is 414 g/mol. The third-order valence-electron chi connectivity index (χ3n) is 6.13. The summed E-state index contributed by atoms with van der Waals surface area (Å²) in [5, 5.41) is 4.65. The Labute approximate surface area is 182 Å². The van der Waals surface area contributed by atoms with Crippen LogP contribution in [0.2, 0.25) is 0 Å². The van der Waals surface area contributed by atoms with Crippen molar-refractivity contribution in [1.29, 1.82) is 0 Å². The second-order valence-electron chi connectivity index (χ2n) is 8.73. The number of aromatic nitrogens is 1. The lowest BCUT2D eigenvalue weighted by atomic mass is 9.80. The smallest absolute Gasteiger partial charge is 0.0577 e. The molecule has 0 atom stereocenters. The molecule has 4 N–H and O–H groups in total. The molecule has 2 heterocycles. The standard InChI is InChI=1S/C26H27N3S/c1-26(2)11-12-30-25-10-8-18(15-21(25)26)17-7-9-23-19(13-17)14-20(29-23)16-28-24-6-4-3-5-22(24)27/h3-10,13-15,28-29H,11-12,16,27H2,1-2H3. The van der Waals surface area contributed by atoms with Gasteiger partial charge in [0.2, 0.25) is 0 Å². The van der Waals surface area contributed by atoms with Gasteiger partial charge in [-0.1, -0.05) is 38.1 Å². The van der Waals surface area contributed by atoms with Crippen LogP contribution in [0.4, 0.5) is 11.4 Å². The number of H-pyrrole nitrogens is 1. The van der Waals surface area contributed by atoms with E-state index in [1.165, 1.54) is 39.1 Å². The number of nitrogen functional groups attached to an aromatic ring is 1. The lowest BCUT2D eigenvalue weighted by molar-refractivity contribution is 0.494. The Morgan fingerprint density at radius 3 is 2.67 bits per heavy atom. The molecule has 30 heavy (non-hydrogen) atoms. The van der Waals surface area contributed by atoms with Gasteiger partial charge < -0.3 is 16.0 Å². The van der Waals surface area contributed by atoms with Crippen LogP contribution in [0.3, 0.4) is 0 Å². The van der Waals surface area contributed by atoms with Crippen molar-refractivity contribution >= 4 is 34.0 Å². The first-order valence-electron chi connectivity index (χ1n) is 10.5. The highest BCUT2D eigenvalue weighted by Crippen LogP contribution is 2.43. The quantitative estimate of drug-likeness (QED) is 0.322. The predicted octanol–water partition coefficient (Wildman–Crippen LogP) is 6.80. The lowest BCUT2D eigenvalue weighted by Crippen LogP contribution is -2.22. The van der Waals surface area contributed by atoms with Gasteiger partial charge in [-0.15, -0.1) is 11.8 Å². The zero-order valence-corrected chi connectivity index (χ0v) is 18.3. The molecule has 0 amide bonds. The highest BCUT2D eigenvalue weighted by atomic mass is 32.2. The van der Waals surface area contributed by atoms with E-state index in [-0.39, 0.29) is 5.41 Å². The molecule has 0 bridgehead atoms. The molecule has 0 saturated carbocycles. The first-order valence-corrected chi connectivity index (χ1v) is 11.5. The summed E-state index contributed by atoms with van der Waals surface area (Å²) < 4.78 is 0. The third kappa shape index (κ3) is 3.56. The summed E-state index contributed by atoms with van der Waals surface area (Å²) in [6, 6.07) is 23.7. The van der Waals surface area contributed by atoms with Crippen LogP contribution in [-0.2, 0) is 12.0 Å². The molecule has 152 valence electrons. The Kier molecular flexibility index (Phi) is 4.75.